The molecular weight excluding hydrogens is 190 g/mol. The van der Waals surface area contributed by atoms with Crippen molar-refractivity contribution < 1.29 is 0 Å². The zero-order valence-corrected chi connectivity index (χ0v) is 9.28. The van der Waals surface area contributed by atoms with Gasteiger partial charge in [-0.05, 0) is 25.8 Å². The van der Waals surface area contributed by atoms with Gasteiger partial charge in [0.2, 0.25) is 0 Å². The maximum atomic E-state index is 11.8. The molecule has 0 amide bonds. The third-order valence-corrected chi connectivity index (χ3v) is 2.96. The van der Waals surface area contributed by atoms with E-state index in [4.69, 9.17) is 0 Å². The fourth-order valence-corrected chi connectivity index (χ4v) is 2.15. The molecule has 4 nitrogen and oxygen atoms in total. The van der Waals surface area contributed by atoms with Crippen molar-refractivity contribution in [2.24, 2.45) is 0 Å². The van der Waals surface area contributed by atoms with E-state index in [1.54, 1.807) is 4.57 Å². The summed E-state index contributed by atoms with van der Waals surface area (Å²) in [5, 5.41) is 3.40. The van der Waals surface area contributed by atoms with E-state index in [2.05, 4.69) is 12.2 Å². The predicted molar refractivity (Wildman–Crippen MR) is 60.0 cm³/mol. The average molecular weight is 209 g/mol. The lowest BCUT2D eigenvalue weighted by Gasteiger charge is -2.09. The van der Waals surface area contributed by atoms with Gasteiger partial charge >= 0.3 is 5.69 Å². The summed E-state index contributed by atoms with van der Waals surface area (Å²) in [4.78, 5) is 11.8. The van der Waals surface area contributed by atoms with Crippen molar-refractivity contribution in [2.75, 3.05) is 6.54 Å². The molecule has 1 saturated heterocycles. The lowest BCUT2D eigenvalue weighted by atomic mass is 10.2. The Kier molecular flexibility index (Phi) is 3.26. The van der Waals surface area contributed by atoms with E-state index in [9.17, 15) is 4.79 Å². The number of hydrogen-bond acceptors (Lipinski definition) is 2. The van der Waals surface area contributed by atoms with Crippen LogP contribution in [-0.4, -0.2) is 21.7 Å². The Morgan fingerprint density at radius 3 is 2.93 bits per heavy atom. The van der Waals surface area contributed by atoms with E-state index < -0.39 is 0 Å². The van der Waals surface area contributed by atoms with Gasteiger partial charge in [-0.1, -0.05) is 6.92 Å². The van der Waals surface area contributed by atoms with Crippen LogP contribution in [-0.2, 0) is 13.1 Å². The molecule has 1 fully saturated rings. The molecule has 15 heavy (non-hydrogen) atoms. The van der Waals surface area contributed by atoms with Crippen LogP contribution < -0.4 is 11.0 Å². The van der Waals surface area contributed by atoms with Crippen molar-refractivity contribution in [3.05, 3.63) is 22.9 Å². The molecule has 0 radical (unpaired) electrons. The van der Waals surface area contributed by atoms with Crippen LogP contribution in [0, 0.1) is 0 Å². The predicted octanol–water partition coefficient (Wildman–Crippen LogP) is 0.812. The molecule has 0 aliphatic carbocycles. The van der Waals surface area contributed by atoms with Crippen molar-refractivity contribution in [3.8, 4) is 0 Å². The van der Waals surface area contributed by atoms with Gasteiger partial charge in [-0.3, -0.25) is 9.13 Å². The van der Waals surface area contributed by atoms with Crippen LogP contribution in [0.1, 0.15) is 26.2 Å². The van der Waals surface area contributed by atoms with E-state index in [0.29, 0.717) is 6.04 Å². The Morgan fingerprint density at radius 2 is 2.27 bits per heavy atom. The third kappa shape index (κ3) is 2.31. The SMILES string of the molecule is CCCn1ccn(C[C@@H]2CCCN2)c1=O. The molecule has 2 heterocycles. The quantitative estimate of drug-likeness (QED) is 0.797. The molecule has 1 atom stereocenters. The highest BCUT2D eigenvalue weighted by atomic mass is 16.1. The van der Waals surface area contributed by atoms with Crippen molar-refractivity contribution in [2.45, 2.75) is 45.3 Å². The molecule has 0 spiro atoms. The summed E-state index contributed by atoms with van der Waals surface area (Å²) in [6, 6.07) is 0.486. The highest BCUT2D eigenvalue weighted by molar-refractivity contribution is 4.84. The van der Waals surface area contributed by atoms with Gasteiger partial charge < -0.3 is 5.32 Å². The third-order valence-electron chi connectivity index (χ3n) is 2.96. The first-order valence-corrected chi connectivity index (χ1v) is 5.80. The highest BCUT2D eigenvalue weighted by Gasteiger charge is 2.15. The first kappa shape index (κ1) is 10.5. The minimum Gasteiger partial charge on any atom is -0.312 e. The van der Waals surface area contributed by atoms with Crippen LogP contribution in [0.3, 0.4) is 0 Å². The molecule has 0 saturated carbocycles. The minimum atomic E-state index is 0.130. The number of rotatable bonds is 4. The molecule has 0 unspecified atom stereocenters. The van der Waals surface area contributed by atoms with E-state index in [1.165, 1.54) is 12.8 Å². The first-order chi connectivity index (χ1) is 7.31. The lowest BCUT2D eigenvalue weighted by Crippen LogP contribution is -2.32. The Bertz CT molecular complexity index is 360. The highest BCUT2D eigenvalue weighted by Crippen LogP contribution is 2.06. The van der Waals surface area contributed by atoms with Gasteiger partial charge in [-0.15, -0.1) is 0 Å². The van der Waals surface area contributed by atoms with Gasteiger partial charge in [-0.25, -0.2) is 4.79 Å². The number of aryl methyl sites for hydroxylation is 1. The molecule has 84 valence electrons. The van der Waals surface area contributed by atoms with Crippen LogP contribution in [0.25, 0.3) is 0 Å². The van der Waals surface area contributed by atoms with Crippen molar-refractivity contribution in [3.63, 3.8) is 0 Å². The number of hydrogen-bond donors (Lipinski definition) is 1. The summed E-state index contributed by atoms with van der Waals surface area (Å²) in [6.07, 6.45) is 7.21. The normalized spacial score (nSPS) is 21.0. The zero-order valence-electron chi connectivity index (χ0n) is 9.28. The fraction of sp³-hybridized carbons (Fsp3) is 0.727. The van der Waals surface area contributed by atoms with Gasteiger partial charge in [-0.2, -0.15) is 0 Å². The van der Waals surface area contributed by atoms with Crippen molar-refractivity contribution >= 4 is 0 Å². The van der Waals surface area contributed by atoms with E-state index in [1.807, 2.05) is 17.0 Å². The maximum absolute atomic E-state index is 11.8. The minimum absolute atomic E-state index is 0.130. The average Bonchev–Trinajstić information content (AvgIpc) is 2.83. The number of aromatic nitrogens is 2. The van der Waals surface area contributed by atoms with Crippen LogP contribution in [0.4, 0.5) is 0 Å². The molecule has 1 aliphatic heterocycles. The van der Waals surface area contributed by atoms with Crippen LogP contribution in [0.15, 0.2) is 17.2 Å². The molecule has 4 heteroatoms. The second kappa shape index (κ2) is 4.66. The Morgan fingerprint density at radius 1 is 1.47 bits per heavy atom. The Labute approximate surface area is 89.9 Å². The zero-order chi connectivity index (χ0) is 10.7. The van der Waals surface area contributed by atoms with Gasteiger partial charge in [0.1, 0.15) is 0 Å². The second-order valence-electron chi connectivity index (χ2n) is 4.22. The molecule has 1 aromatic heterocycles. The van der Waals surface area contributed by atoms with Crippen LogP contribution in [0.5, 0.6) is 0 Å². The summed E-state index contributed by atoms with van der Waals surface area (Å²) < 4.78 is 3.60. The molecule has 1 aromatic rings. The van der Waals surface area contributed by atoms with Crippen molar-refractivity contribution in [1.82, 2.24) is 14.5 Å². The fourth-order valence-electron chi connectivity index (χ4n) is 2.15. The number of nitrogens with zero attached hydrogens (tertiary/aromatic N) is 2. The summed E-state index contributed by atoms with van der Waals surface area (Å²) in [6.45, 7) is 4.82. The van der Waals surface area contributed by atoms with Gasteiger partial charge in [0.15, 0.2) is 0 Å². The van der Waals surface area contributed by atoms with Crippen molar-refractivity contribution in [1.29, 1.82) is 0 Å². The summed E-state index contributed by atoms with van der Waals surface area (Å²) in [5.41, 5.74) is 0.130. The number of imidazole rings is 1. The van der Waals surface area contributed by atoms with E-state index in [0.717, 1.165) is 26.1 Å². The monoisotopic (exact) mass is 209 g/mol. The van der Waals surface area contributed by atoms with Crippen LogP contribution in [0.2, 0.25) is 0 Å². The second-order valence-corrected chi connectivity index (χ2v) is 4.22. The summed E-state index contributed by atoms with van der Waals surface area (Å²) in [5.74, 6) is 0. The molecule has 0 aromatic carbocycles. The van der Waals surface area contributed by atoms with Crippen LogP contribution >= 0.6 is 0 Å². The molecule has 1 aliphatic rings. The lowest BCUT2D eigenvalue weighted by molar-refractivity contribution is 0.490. The van der Waals surface area contributed by atoms with E-state index >= 15 is 0 Å². The summed E-state index contributed by atoms with van der Waals surface area (Å²) in [7, 11) is 0. The van der Waals surface area contributed by atoms with E-state index in [-0.39, 0.29) is 5.69 Å². The number of nitrogens with one attached hydrogen (secondary N) is 1. The maximum Gasteiger partial charge on any atom is 0.328 e. The molecular formula is C11H19N3O. The standard InChI is InChI=1S/C11H19N3O/c1-2-6-13-7-8-14(11(13)15)9-10-4-3-5-12-10/h7-8,10,12H,2-6,9H2,1H3/t10-/m0/s1. The molecule has 0 bridgehead atoms. The Balaban J connectivity index is 2.04. The first-order valence-electron chi connectivity index (χ1n) is 5.80. The molecule has 1 N–H and O–H groups in total. The summed E-state index contributed by atoms with van der Waals surface area (Å²) >= 11 is 0. The molecule has 2 rings (SSSR count). The van der Waals surface area contributed by atoms with Gasteiger partial charge in [0, 0.05) is 31.5 Å². The largest absolute Gasteiger partial charge is 0.328 e. The Hall–Kier alpha value is -1.03. The van der Waals surface area contributed by atoms with Gasteiger partial charge in [0.25, 0.3) is 0 Å². The smallest absolute Gasteiger partial charge is 0.312 e. The van der Waals surface area contributed by atoms with Gasteiger partial charge in [0.05, 0.1) is 0 Å². The topological polar surface area (TPSA) is 39.0 Å².